The fraction of sp³-hybridized carbons (Fsp3) is 0.421. The monoisotopic (exact) mass is 356 g/mol. The Morgan fingerprint density at radius 2 is 2.08 bits per heavy atom. The van der Waals surface area contributed by atoms with Crippen molar-refractivity contribution in [2.45, 2.75) is 37.5 Å². The number of carbonyl (C=O) groups is 1. The highest BCUT2D eigenvalue weighted by atomic mass is 32.1. The number of nitrogens with zero attached hydrogens (tertiary/aromatic N) is 1. The zero-order valence-corrected chi connectivity index (χ0v) is 15.0. The van der Waals surface area contributed by atoms with Gasteiger partial charge in [0.2, 0.25) is 5.91 Å². The van der Waals surface area contributed by atoms with Crippen LogP contribution in [-0.2, 0) is 11.2 Å². The van der Waals surface area contributed by atoms with Crippen LogP contribution < -0.4 is 16.2 Å². The fourth-order valence-electron chi connectivity index (χ4n) is 3.72. The molecule has 3 heterocycles. The second kappa shape index (κ2) is 7.66. The van der Waals surface area contributed by atoms with Gasteiger partial charge in [-0.3, -0.25) is 9.69 Å². The highest BCUT2D eigenvalue weighted by Gasteiger charge is 2.34. The van der Waals surface area contributed by atoms with E-state index in [-0.39, 0.29) is 11.9 Å². The molecule has 2 fully saturated rings. The Kier molecular flexibility index (Phi) is 5.12. The molecule has 4 rings (SSSR count). The Bertz CT molecular complexity index is 691. The van der Waals surface area contributed by atoms with Crippen molar-refractivity contribution in [2.75, 3.05) is 13.1 Å². The van der Waals surface area contributed by atoms with Crippen LogP contribution in [0.2, 0.25) is 0 Å². The third kappa shape index (κ3) is 4.10. The van der Waals surface area contributed by atoms with Gasteiger partial charge < -0.3 is 5.32 Å². The zero-order valence-electron chi connectivity index (χ0n) is 14.2. The van der Waals surface area contributed by atoms with Gasteiger partial charge in [-0.1, -0.05) is 36.4 Å². The minimum atomic E-state index is 0.133. The summed E-state index contributed by atoms with van der Waals surface area (Å²) in [6, 6.07) is 15.2. The third-order valence-corrected chi connectivity index (χ3v) is 5.90. The van der Waals surface area contributed by atoms with Gasteiger partial charge in [0.25, 0.3) is 0 Å². The molecule has 25 heavy (non-hydrogen) atoms. The summed E-state index contributed by atoms with van der Waals surface area (Å²) in [5.41, 5.74) is 8.15. The number of benzene rings is 1. The van der Waals surface area contributed by atoms with Gasteiger partial charge >= 0.3 is 0 Å². The Balaban J connectivity index is 1.26. The predicted octanol–water partition coefficient (Wildman–Crippen LogP) is 2.05. The van der Waals surface area contributed by atoms with E-state index in [0.29, 0.717) is 18.6 Å². The summed E-state index contributed by atoms with van der Waals surface area (Å²) in [5.74, 6) is 0.133. The molecule has 6 heteroatoms. The van der Waals surface area contributed by atoms with E-state index < -0.39 is 0 Å². The lowest BCUT2D eigenvalue weighted by atomic mass is 10.0. The molecule has 0 saturated carbocycles. The van der Waals surface area contributed by atoms with Crippen LogP contribution in [0.5, 0.6) is 0 Å². The smallest absolute Gasteiger partial charge is 0.225 e. The highest BCUT2D eigenvalue weighted by Crippen LogP contribution is 2.25. The van der Waals surface area contributed by atoms with Gasteiger partial charge in [-0.15, -0.1) is 11.3 Å². The molecule has 1 amide bonds. The quantitative estimate of drug-likeness (QED) is 0.767. The average Bonchev–Trinajstić information content (AvgIpc) is 3.37. The van der Waals surface area contributed by atoms with Crippen molar-refractivity contribution in [3.63, 3.8) is 0 Å². The van der Waals surface area contributed by atoms with Gasteiger partial charge in [0.15, 0.2) is 0 Å². The number of hydrazine groups is 1. The Labute approximate surface area is 152 Å². The minimum absolute atomic E-state index is 0.133. The molecule has 1 aromatic carbocycles. The first-order valence-electron chi connectivity index (χ1n) is 8.90. The lowest BCUT2D eigenvalue weighted by Gasteiger charge is -2.23. The lowest BCUT2D eigenvalue weighted by Crippen LogP contribution is -2.45. The van der Waals surface area contributed by atoms with E-state index in [9.17, 15) is 4.79 Å². The van der Waals surface area contributed by atoms with E-state index in [1.54, 1.807) is 11.3 Å². The van der Waals surface area contributed by atoms with Gasteiger partial charge in [0.1, 0.15) is 0 Å². The van der Waals surface area contributed by atoms with Crippen LogP contribution in [0.4, 0.5) is 0 Å². The SMILES string of the molecule is O=C(Cc1cccs1)NC1CCN(C2CC(c3ccccc3)NN2)C1. The molecule has 2 aromatic rings. The number of likely N-dealkylation sites (tertiary alicyclic amines) is 1. The summed E-state index contributed by atoms with van der Waals surface area (Å²) in [5, 5.41) is 5.21. The van der Waals surface area contributed by atoms with Crippen molar-refractivity contribution < 1.29 is 4.79 Å². The summed E-state index contributed by atoms with van der Waals surface area (Å²) in [6.45, 7) is 1.93. The second-order valence-corrected chi connectivity index (χ2v) is 7.84. The number of thiophene rings is 1. The molecule has 3 atom stereocenters. The fourth-order valence-corrected chi connectivity index (χ4v) is 4.42. The molecule has 132 valence electrons. The van der Waals surface area contributed by atoms with Crippen LogP contribution in [0.15, 0.2) is 47.8 Å². The Morgan fingerprint density at radius 3 is 2.88 bits per heavy atom. The maximum Gasteiger partial charge on any atom is 0.225 e. The summed E-state index contributed by atoms with van der Waals surface area (Å²) < 4.78 is 0. The highest BCUT2D eigenvalue weighted by molar-refractivity contribution is 7.10. The minimum Gasteiger partial charge on any atom is -0.352 e. The molecule has 3 unspecified atom stereocenters. The first-order chi connectivity index (χ1) is 12.3. The number of hydrogen-bond donors (Lipinski definition) is 3. The topological polar surface area (TPSA) is 56.4 Å². The largest absolute Gasteiger partial charge is 0.352 e. The molecule has 2 saturated heterocycles. The van der Waals surface area contributed by atoms with Crippen LogP contribution in [0.25, 0.3) is 0 Å². The molecule has 0 spiro atoms. The van der Waals surface area contributed by atoms with E-state index >= 15 is 0 Å². The molecular weight excluding hydrogens is 332 g/mol. The lowest BCUT2D eigenvalue weighted by molar-refractivity contribution is -0.121. The van der Waals surface area contributed by atoms with E-state index in [0.717, 1.165) is 30.8 Å². The van der Waals surface area contributed by atoms with Crippen molar-refractivity contribution in [3.05, 3.63) is 58.3 Å². The van der Waals surface area contributed by atoms with Gasteiger partial charge in [-0.25, -0.2) is 10.9 Å². The zero-order chi connectivity index (χ0) is 17.1. The molecule has 2 aliphatic heterocycles. The van der Waals surface area contributed by atoms with Crippen molar-refractivity contribution >= 4 is 17.2 Å². The molecule has 5 nitrogen and oxygen atoms in total. The third-order valence-electron chi connectivity index (χ3n) is 5.03. The van der Waals surface area contributed by atoms with Crippen LogP contribution in [0, 0.1) is 0 Å². The maximum atomic E-state index is 12.2. The Morgan fingerprint density at radius 1 is 1.20 bits per heavy atom. The van der Waals surface area contributed by atoms with Crippen LogP contribution in [0.3, 0.4) is 0 Å². The standard InChI is InChI=1S/C19H24N4OS/c24-19(11-16-7-4-10-25-16)20-15-8-9-23(13-15)18-12-17(21-22-18)14-5-2-1-3-6-14/h1-7,10,15,17-18,21-22H,8-9,11-13H2,(H,20,24). The van der Waals surface area contributed by atoms with E-state index in [1.807, 2.05) is 23.6 Å². The molecule has 0 aliphatic carbocycles. The molecule has 3 N–H and O–H groups in total. The van der Waals surface area contributed by atoms with Crippen molar-refractivity contribution in [1.82, 2.24) is 21.1 Å². The number of rotatable bonds is 5. The van der Waals surface area contributed by atoms with Gasteiger partial charge in [-0.2, -0.15) is 0 Å². The number of amides is 1. The van der Waals surface area contributed by atoms with Gasteiger partial charge in [0, 0.05) is 30.1 Å². The Hall–Kier alpha value is -1.73. The first kappa shape index (κ1) is 16.7. The first-order valence-corrected chi connectivity index (χ1v) is 9.78. The van der Waals surface area contributed by atoms with Crippen molar-refractivity contribution in [3.8, 4) is 0 Å². The number of hydrogen-bond acceptors (Lipinski definition) is 5. The van der Waals surface area contributed by atoms with Gasteiger partial charge in [-0.05, 0) is 29.9 Å². The van der Waals surface area contributed by atoms with Crippen LogP contribution in [-0.4, -0.2) is 36.1 Å². The summed E-state index contributed by atoms with van der Waals surface area (Å²) >= 11 is 1.64. The molecule has 0 bridgehead atoms. The molecule has 0 radical (unpaired) electrons. The van der Waals surface area contributed by atoms with Crippen LogP contribution in [0.1, 0.15) is 29.3 Å². The molecular formula is C19H24N4OS. The van der Waals surface area contributed by atoms with E-state index in [1.165, 1.54) is 5.56 Å². The van der Waals surface area contributed by atoms with E-state index in [2.05, 4.69) is 45.3 Å². The summed E-state index contributed by atoms with van der Waals surface area (Å²) in [4.78, 5) is 15.7. The normalized spacial score (nSPS) is 26.8. The van der Waals surface area contributed by atoms with E-state index in [4.69, 9.17) is 0 Å². The summed E-state index contributed by atoms with van der Waals surface area (Å²) in [7, 11) is 0. The number of nitrogens with one attached hydrogen (secondary N) is 3. The van der Waals surface area contributed by atoms with Crippen molar-refractivity contribution in [2.24, 2.45) is 0 Å². The average molecular weight is 356 g/mol. The predicted molar refractivity (Wildman–Crippen MR) is 100 cm³/mol. The van der Waals surface area contributed by atoms with Crippen LogP contribution >= 0.6 is 11.3 Å². The second-order valence-electron chi connectivity index (χ2n) is 6.81. The van der Waals surface area contributed by atoms with Gasteiger partial charge in [0.05, 0.1) is 12.6 Å². The molecule has 1 aromatic heterocycles. The number of carbonyl (C=O) groups excluding carboxylic acids is 1. The summed E-state index contributed by atoms with van der Waals surface area (Å²) in [6.07, 6.45) is 2.88. The molecule has 2 aliphatic rings. The van der Waals surface area contributed by atoms with Crippen molar-refractivity contribution in [1.29, 1.82) is 0 Å². The maximum absolute atomic E-state index is 12.2.